The van der Waals surface area contributed by atoms with Crippen LogP contribution in [0.4, 0.5) is 5.95 Å². The van der Waals surface area contributed by atoms with Gasteiger partial charge in [0.05, 0.1) is 14.2 Å². The number of anilines is 1. The summed E-state index contributed by atoms with van der Waals surface area (Å²) in [6.45, 7) is 1.01. The maximum atomic E-state index is 12.6. The van der Waals surface area contributed by atoms with Gasteiger partial charge in [0.15, 0.2) is 0 Å². The predicted octanol–water partition coefficient (Wildman–Crippen LogP) is 4.70. The van der Waals surface area contributed by atoms with Crippen LogP contribution in [-0.2, 0) is 13.1 Å². The first kappa shape index (κ1) is 22.8. The van der Waals surface area contributed by atoms with E-state index in [1.165, 1.54) is 0 Å². The second-order valence-corrected chi connectivity index (χ2v) is 7.57. The molecule has 0 aliphatic carbocycles. The van der Waals surface area contributed by atoms with Crippen molar-refractivity contribution in [3.8, 4) is 22.6 Å². The number of benzene rings is 3. The van der Waals surface area contributed by atoms with E-state index in [0.717, 1.165) is 22.3 Å². The molecule has 4 rings (SSSR count). The Bertz CT molecular complexity index is 1230. The number of nitrogens with one attached hydrogen (secondary N) is 2. The maximum absolute atomic E-state index is 12.6. The molecule has 0 fully saturated rings. The van der Waals surface area contributed by atoms with Gasteiger partial charge < -0.3 is 20.1 Å². The van der Waals surface area contributed by atoms with Gasteiger partial charge >= 0.3 is 0 Å². The molecule has 0 bridgehead atoms. The SMILES string of the molecule is COc1ccc(CNC(=O)c2ccc(-c3cnc(NCc4ccccc4)nc3)cc2)c(OC)c1. The lowest BCUT2D eigenvalue weighted by Gasteiger charge is -2.11. The van der Waals surface area contributed by atoms with Crippen molar-refractivity contribution in [2.24, 2.45) is 0 Å². The molecule has 172 valence electrons. The summed E-state index contributed by atoms with van der Waals surface area (Å²) in [6, 6.07) is 22.9. The van der Waals surface area contributed by atoms with Crippen molar-refractivity contribution >= 4 is 11.9 Å². The predicted molar refractivity (Wildman–Crippen MR) is 132 cm³/mol. The Kier molecular flexibility index (Phi) is 7.35. The van der Waals surface area contributed by atoms with Crippen molar-refractivity contribution in [2.75, 3.05) is 19.5 Å². The Hall–Kier alpha value is -4.39. The van der Waals surface area contributed by atoms with Crippen molar-refractivity contribution in [3.05, 3.63) is 102 Å². The molecule has 1 heterocycles. The summed E-state index contributed by atoms with van der Waals surface area (Å²) >= 11 is 0. The van der Waals surface area contributed by atoms with E-state index in [9.17, 15) is 4.79 Å². The minimum atomic E-state index is -0.166. The molecule has 0 saturated carbocycles. The maximum Gasteiger partial charge on any atom is 0.251 e. The van der Waals surface area contributed by atoms with Gasteiger partial charge in [-0.1, -0.05) is 42.5 Å². The fourth-order valence-corrected chi connectivity index (χ4v) is 3.43. The molecule has 2 N–H and O–H groups in total. The Morgan fingerprint density at radius 3 is 2.24 bits per heavy atom. The Balaban J connectivity index is 1.34. The van der Waals surface area contributed by atoms with Gasteiger partial charge in [0.25, 0.3) is 5.91 Å². The summed E-state index contributed by atoms with van der Waals surface area (Å²) in [5.41, 5.74) is 4.40. The van der Waals surface area contributed by atoms with Crippen molar-refractivity contribution in [2.45, 2.75) is 13.1 Å². The molecule has 7 heteroatoms. The molecule has 0 spiro atoms. The van der Waals surface area contributed by atoms with Gasteiger partial charge in [-0.3, -0.25) is 4.79 Å². The standard InChI is InChI=1S/C27H26N4O3/c1-33-24-13-12-22(25(14-24)34-2)16-28-26(32)21-10-8-20(9-11-21)23-17-30-27(31-18-23)29-15-19-6-4-3-5-7-19/h3-14,17-18H,15-16H2,1-2H3,(H,28,32)(H,29,30,31). The molecule has 0 saturated heterocycles. The fourth-order valence-electron chi connectivity index (χ4n) is 3.43. The zero-order valence-electron chi connectivity index (χ0n) is 19.1. The van der Waals surface area contributed by atoms with Gasteiger partial charge in [0, 0.05) is 48.2 Å². The first-order chi connectivity index (χ1) is 16.7. The van der Waals surface area contributed by atoms with Crippen molar-refractivity contribution in [3.63, 3.8) is 0 Å². The molecule has 0 atom stereocenters. The number of nitrogens with zero attached hydrogens (tertiary/aromatic N) is 2. The molecule has 1 aromatic heterocycles. The normalized spacial score (nSPS) is 10.4. The van der Waals surface area contributed by atoms with Crippen molar-refractivity contribution in [1.29, 1.82) is 0 Å². The molecular weight excluding hydrogens is 428 g/mol. The highest BCUT2D eigenvalue weighted by molar-refractivity contribution is 5.94. The molecular formula is C27H26N4O3. The average molecular weight is 455 g/mol. The molecule has 7 nitrogen and oxygen atoms in total. The number of rotatable bonds is 9. The molecule has 0 unspecified atom stereocenters. The minimum Gasteiger partial charge on any atom is -0.497 e. The summed E-state index contributed by atoms with van der Waals surface area (Å²) < 4.78 is 10.6. The minimum absolute atomic E-state index is 0.166. The highest BCUT2D eigenvalue weighted by Crippen LogP contribution is 2.24. The smallest absolute Gasteiger partial charge is 0.251 e. The zero-order chi connectivity index (χ0) is 23.8. The van der Waals surface area contributed by atoms with Crippen LogP contribution in [0.25, 0.3) is 11.1 Å². The monoisotopic (exact) mass is 454 g/mol. The number of carbonyl (C=O) groups excluding carboxylic acids is 1. The molecule has 3 aromatic carbocycles. The Labute approximate surface area is 198 Å². The lowest BCUT2D eigenvalue weighted by Crippen LogP contribution is -2.23. The zero-order valence-corrected chi connectivity index (χ0v) is 19.1. The lowest BCUT2D eigenvalue weighted by atomic mass is 10.1. The second kappa shape index (κ2) is 11.0. The van der Waals surface area contributed by atoms with E-state index in [1.54, 1.807) is 44.8 Å². The molecule has 0 aliphatic rings. The third-order valence-electron chi connectivity index (χ3n) is 5.36. The van der Waals surface area contributed by atoms with Crippen LogP contribution in [0.15, 0.2) is 85.2 Å². The summed E-state index contributed by atoms with van der Waals surface area (Å²) in [5.74, 6) is 1.77. The summed E-state index contributed by atoms with van der Waals surface area (Å²) in [7, 11) is 3.19. The van der Waals surface area contributed by atoms with E-state index in [0.29, 0.717) is 36.1 Å². The van der Waals surface area contributed by atoms with E-state index < -0.39 is 0 Å². The van der Waals surface area contributed by atoms with E-state index >= 15 is 0 Å². The van der Waals surface area contributed by atoms with Crippen LogP contribution >= 0.6 is 0 Å². The molecule has 34 heavy (non-hydrogen) atoms. The van der Waals surface area contributed by atoms with Gasteiger partial charge in [-0.25, -0.2) is 9.97 Å². The number of methoxy groups -OCH3 is 2. The van der Waals surface area contributed by atoms with Crippen LogP contribution in [0.5, 0.6) is 11.5 Å². The van der Waals surface area contributed by atoms with E-state index in [2.05, 4.69) is 20.6 Å². The van der Waals surface area contributed by atoms with Gasteiger partial charge in [-0.15, -0.1) is 0 Å². The number of hydrogen-bond acceptors (Lipinski definition) is 6. The van der Waals surface area contributed by atoms with Crippen LogP contribution in [0.1, 0.15) is 21.5 Å². The average Bonchev–Trinajstić information content (AvgIpc) is 2.91. The molecule has 4 aromatic rings. The van der Waals surface area contributed by atoms with Crippen LogP contribution < -0.4 is 20.1 Å². The lowest BCUT2D eigenvalue weighted by molar-refractivity contribution is 0.0950. The highest BCUT2D eigenvalue weighted by atomic mass is 16.5. The largest absolute Gasteiger partial charge is 0.497 e. The molecule has 1 amide bonds. The van der Waals surface area contributed by atoms with E-state index in [4.69, 9.17) is 9.47 Å². The Morgan fingerprint density at radius 2 is 1.56 bits per heavy atom. The van der Waals surface area contributed by atoms with Crippen LogP contribution in [0.3, 0.4) is 0 Å². The third-order valence-corrected chi connectivity index (χ3v) is 5.36. The van der Waals surface area contributed by atoms with Crippen molar-refractivity contribution in [1.82, 2.24) is 15.3 Å². The summed E-state index contributed by atoms with van der Waals surface area (Å²) in [5, 5.41) is 6.14. The van der Waals surface area contributed by atoms with E-state index in [1.807, 2.05) is 54.6 Å². The topological polar surface area (TPSA) is 85.4 Å². The van der Waals surface area contributed by atoms with Gasteiger partial charge in [0.1, 0.15) is 11.5 Å². The van der Waals surface area contributed by atoms with Crippen LogP contribution in [-0.4, -0.2) is 30.1 Å². The van der Waals surface area contributed by atoms with Crippen LogP contribution in [0.2, 0.25) is 0 Å². The number of aromatic nitrogens is 2. The fraction of sp³-hybridized carbons (Fsp3) is 0.148. The van der Waals surface area contributed by atoms with Crippen molar-refractivity contribution < 1.29 is 14.3 Å². The molecule has 0 aliphatic heterocycles. The van der Waals surface area contributed by atoms with Gasteiger partial charge in [0.2, 0.25) is 5.95 Å². The Morgan fingerprint density at radius 1 is 0.824 bits per heavy atom. The second-order valence-electron chi connectivity index (χ2n) is 7.57. The quantitative estimate of drug-likeness (QED) is 0.381. The number of ether oxygens (including phenoxy) is 2. The first-order valence-electron chi connectivity index (χ1n) is 10.9. The highest BCUT2D eigenvalue weighted by Gasteiger charge is 2.10. The number of carbonyl (C=O) groups is 1. The third kappa shape index (κ3) is 5.69. The summed E-state index contributed by atoms with van der Waals surface area (Å²) in [4.78, 5) is 21.4. The van der Waals surface area contributed by atoms with Gasteiger partial charge in [-0.2, -0.15) is 0 Å². The number of amides is 1. The van der Waals surface area contributed by atoms with E-state index in [-0.39, 0.29) is 5.91 Å². The summed E-state index contributed by atoms with van der Waals surface area (Å²) in [6.07, 6.45) is 3.54. The first-order valence-corrected chi connectivity index (χ1v) is 10.9. The van der Waals surface area contributed by atoms with Gasteiger partial charge in [-0.05, 0) is 35.4 Å². The molecule has 0 radical (unpaired) electrons. The van der Waals surface area contributed by atoms with Crippen LogP contribution in [0, 0.1) is 0 Å². The number of hydrogen-bond donors (Lipinski definition) is 2.